The Morgan fingerprint density at radius 1 is 0.935 bits per heavy atom. The molecule has 1 aliphatic rings. The van der Waals surface area contributed by atoms with Crippen molar-refractivity contribution in [3.63, 3.8) is 0 Å². The third-order valence-electron chi connectivity index (χ3n) is 4.85. The van der Waals surface area contributed by atoms with Crippen molar-refractivity contribution in [2.45, 2.75) is 24.7 Å². The molecule has 1 saturated heterocycles. The minimum absolute atomic E-state index is 0.0773. The third-order valence-corrected chi connectivity index (χ3v) is 6.94. The highest BCUT2D eigenvalue weighted by Gasteiger charge is 2.19. The summed E-state index contributed by atoms with van der Waals surface area (Å²) in [5.74, 6) is 1.41. The van der Waals surface area contributed by atoms with Crippen molar-refractivity contribution in [3.8, 4) is 0 Å². The lowest BCUT2D eigenvalue weighted by Crippen LogP contribution is -2.19. The number of benzene rings is 2. The van der Waals surface area contributed by atoms with E-state index in [1.165, 1.54) is 31.0 Å². The summed E-state index contributed by atoms with van der Waals surface area (Å²) in [7, 11) is -3.88. The molecular weight excluding hydrogens is 457 g/mol. The standard InChI is InChI=1S/C21H21Cl2N5O2S/c1-14-12-20(28-10-2-3-11-28)26-21(24-14)25-16-5-7-17(8-6-16)27-31(29,30)19-13-15(22)4-9-18(19)23/h4-9,12-13,27H,2-3,10-11H2,1H3,(H,24,25,26). The molecule has 0 saturated carbocycles. The van der Waals surface area contributed by atoms with Gasteiger partial charge in [-0.15, -0.1) is 0 Å². The summed E-state index contributed by atoms with van der Waals surface area (Å²) in [6.45, 7) is 3.94. The van der Waals surface area contributed by atoms with Gasteiger partial charge < -0.3 is 10.2 Å². The third kappa shape index (κ3) is 5.20. The van der Waals surface area contributed by atoms with Crippen LogP contribution < -0.4 is 14.9 Å². The van der Waals surface area contributed by atoms with Crippen LogP contribution in [0.3, 0.4) is 0 Å². The second-order valence-corrected chi connectivity index (χ2v) is 9.76. The molecule has 4 rings (SSSR count). The molecule has 0 radical (unpaired) electrons. The van der Waals surface area contributed by atoms with Gasteiger partial charge in [-0.25, -0.2) is 13.4 Å². The normalized spacial score (nSPS) is 14.0. The Morgan fingerprint density at radius 2 is 1.61 bits per heavy atom. The van der Waals surface area contributed by atoms with Crippen LogP contribution in [0.4, 0.5) is 23.1 Å². The van der Waals surface area contributed by atoms with E-state index >= 15 is 0 Å². The summed E-state index contributed by atoms with van der Waals surface area (Å²) in [6.07, 6.45) is 2.34. The van der Waals surface area contributed by atoms with Gasteiger partial charge in [0.25, 0.3) is 10.0 Å². The molecule has 0 bridgehead atoms. The van der Waals surface area contributed by atoms with Crippen LogP contribution in [0, 0.1) is 6.92 Å². The van der Waals surface area contributed by atoms with Crippen molar-refractivity contribution in [1.29, 1.82) is 0 Å². The Bertz CT molecular complexity index is 1200. The second-order valence-electron chi connectivity index (χ2n) is 7.27. The molecule has 2 aromatic carbocycles. The van der Waals surface area contributed by atoms with E-state index in [2.05, 4.69) is 24.9 Å². The largest absolute Gasteiger partial charge is 0.356 e. The molecule has 2 N–H and O–H groups in total. The van der Waals surface area contributed by atoms with E-state index in [0.29, 0.717) is 11.6 Å². The van der Waals surface area contributed by atoms with Crippen molar-refractivity contribution in [1.82, 2.24) is 9.97 Å². The van der Waals surface area contributed by atoms with E-state index in [4.69, 9.17) is 23.2 Å². The van der Waals surface area contributed by atoms with Crippen LogP contribution in [0.2, 0.25) is 10.0 Å². The maximum absolute atomic E-state index is 12.7. The van der Waals surface area contributed by atoms with Gasteiger partial charge in [-0.1, -0.05) is 23.2 Å². The molecule has 1 fully saturated rings. The van der Waals surface area contributed by atoms with E-state index in [0.717, 1.165) is 30.3 Å². The highest BCUT2D eigenvalue weighted by atomic mass is 35.5. The molecule has 31 heavy (non-hydrogen) atoms. The van der Waals surface area contributed by atoms with Gasteiger partial charge in [0, 0.05) is 41.2 Å². The smallest absolute Gasteiger partial charge is 0.263 e. The molecule has 0 amide bonds. The zero-order valence-corrected chi connectivity index (χ0v) is 19.1. The Hall–Kier alpha value is -2.55. The lowest BCUT2D eigenvalue weighted by molar-refractivity contribution is 0.601. The van der Waals surface area contributed by atoms with Crippen LogP contribution in [-0.4, -0.2) is 31.5 Å². The van der Waals surface area contributed by atoms with Crippen molar-refractivity contribution in [2.75, 3.05) is 28.0 Å². The van der Waals surface area contributed by atoms with Crippen LogP contribution in [0.5, 0.6) is 0 Å². The second kappa shape index (κ2) is 8.90. The maximum Gasteiger partial charge on any atom is 0.263 e. The Balaban J connectivity index is 1.49. The van der Waals surface area contributed by atoms with Crippen LogP contribution in [-0.2, 0) is 10.0 Å². The number of aryl methyl sites for hydroxylation is 1. The van der Waals surface area contributed by atoms with E-state index in [1.54, 1.807) is 24.3 Å². The fourth-order valence-corrected chi connectivity index (χ4v) is 5.18. The summed E-state index contributed by atoms with van der Waals surface area (Å²) < 4.78 is 27.8. The monoisotopic (exact) mass is 477 g/mol. The summed E-state index contributed by atoms with van der Waals surface area (Å²) >= 11 is 11.9. The van der Waals surface area contributed by atoms with Gasteiger partial charge in [0.2, 0.25) is 5.95 Å². The van der Waals surface area contributed by atoms with Crippen LogP contribution in [0.15, 0.2) is 53.4 Å². The van der Waals surface area contributed by atoms with E-state index < -0.39 is 10.0 Å². The number of nitrogens with zero attached hydrogens (tertiary/aromatic N) is 3. The Morgan fingerprint density at radius 3 is 2.32 bits per heavy atom. The molecule has 0 aliphatic carbocycles. The number of hydrogen-bond donors (Lipinski definition) is 2. The summed E-state index contributed by atoms with van der Waals surface area (Å²) in [5, 5.41) is 3.57. The molecule has 1 aromatic heterocycles. The van der Waals surface area contributed by atoms with Gasteiger partial charge >= 0.3 is 0 Å². The van der Waals surface area contributed by atoms with Crippen LogP contribution in [0.1, 0.15) is 18.5 Å². The first-order chi connectivity index (χ1) is 14.8. The predicted octanol–water partition coefficient (Wildman–Crippen LogP) is 5.24. The van der Waals surface area contributed by atoms with Gasteiger partial charge in [-0.05, 0) is 62.2 Å². The highest BCUT2D eigenvalue weighted by Crippen LogP contribution is 2.28. The molecule has 1 aliphatic heterocycles. The van der Waals surface area contributed by atoms with E-state index in [1.807, 2.05) is 13.0 Å². The number of sulfonamides is 1. The van der Waals surface area contributed by atoms with Crippen molar-refractivity contribution >= 4 is 56.4 Å². The van der Waals surface area contributed by atoms with Gasteiger partial charge in [0.15, 0.2) is 0 Å². The van der Waals surface area contributed by atoms with E-state index in [-0.39, 0.29) is 14.9 Å². The lowest BCUT2D eigenvalue weighted by Gasteiger charge is -2.17. The molecule has 2 heterocycles. The first kappa shape index (κ1) is 21.7. The average Bonchev–Trinajstić information content (AvgIpc) is 3.26. The van der Waals surface area contributed by atoms with Gasteiger partial charge in [0.1, 0.15) is 10.7 Å². The van der Waals surface area contributed by atoms with Crippen molar-refractivity contribution < 1.29 is 8.42 Å². The Kier molecular flexibility index (Phi) is 6.22. The topological polar surface area (TPSA) is 87.2 Å². The molecule has 0 atom stereocenters. The molecule has 10 heteroatoms. The van der Waals surface area contributed by atoms with Crippen molar-refractivity contribution in [2.24, 2.45) is 0 Å². The molecule has 0 unspecified atom stereocenters. The van der Waals surface area contributed by atoms with Crippen LogP contribution in [0.25, 0.3) is 0 Å². The quantitative estimate of drug-likeness (QED) is 0.504. The first-order valence-electron chi connectivity index (χ1n) is 9.76. The summed E-state index contributed by atoms with van der Waals surface area (Å²) in [5.41, 5.74) is 2.01. The predicted molar refractivity (Wildman–Crippen MR) is 125 cm³/mol. The number of aromatic nitrogens is 2. The molecule has 3 aromatic rings. The molecule has 162 valence electrons. The average molecular weight is 478 g/mol. The van der Waals surface area contributed by atoms with Gasteiger partial charge in [-0.3, -0.25) is 4.72 Å². The number of halogens is 2. The fraction of sp³-hybridized carbons (Fsp3) is 0.238. The molecule has 7 nitrogen and oxygen atoms in total. The summed E-state index contributed by atoms with van der Waals surface area (Å²) in [6, 6.07) is 13.1. The number of hydrogen-bond acceptors (Lipinski definition) is 6. The lowest BCUT2D eigenvalue weighted by atomic mass is 10.3. The minimum atomic E-state index is -3.88. The minimum Gasteiger partial charge on any atom is -0.356 e. The maximum atomic E-state index is 12.7. The van der Waals surface area contributed by atoms with E-state index in [9.17, 15) is 8.42 Å². The zero-order valence-electron chi connectivity index (χ0n) is 16.8. The fourth-order valence-electron chi connectivity index (χ4n) is 3.36. The van der Waals surface area contributed by atoms with Gasteiger partial charge in [0.05, 0.1) is 5.02 Å². The Labute approximate surface area is 191 Å². The highest BCUT2D eigenvalue weighted by molar-refractivity contribution is 7.92. The van der Waals surface area contributed by atoms with Crippen LogP contribution >= 0.6 is 23.2 Å². The summed E-state index contributed by atoms with van der Waals surface area (Å²) in [4.78, 5) is 11.2. The number of nitrogens with one attached hydrogen (secondary N) is 2. The molecule has 0 spiro atoms. The first-order valence-corrected chi connectivity index (χ1v) is 12.0. The number of anilines is 4. The zero-order chi connectivity index (χ0) is 22.0. The SMILES string of the molecule is Cc1cc(N2CCCC2)nc(Nc2ccc(NS(=O)(=O)c3cc(Cl)ccc3Cl)cc2)n1. The van der Waals surface area contributed by atoms with Gasteiger partial charge in [-0.2, -0.15) is 4.98 Å². The number of rotatable bonds is 6. The molecular formula is C21H21Cl2N5O2S. The van der Waals surface area contributed by atoms with Crippen molar-refractivity contribution in [3.05, 3.63) is 64.3 Å².